The largest absolute Gasteiger partial charge is 0.459 e. The first-order chi connectivity index (χ1) is 11.7. The van der Waals surface area contributed by atoms with Crippen molar-refractivity contribution in [1.29, 1.82) is 0 Å². The average Bonchev–Trinajstić information content (AvgIpc) is 2.88. The molecule has 138 valence electrons. The first kappa shape index (κ1) is 19.4. The number of carbonyl (C=O) groups excluding carboxylic acids is 2. The van der Waals surface area contributed by atoms with Crippen molar-refractivity contribution in [2.24, 2.45) is 0 Å². The second-order valence-corrected chi connectivity index (χ2v) is 7.52. The molecule has 2 rings (SSSR count). The molecule has 1 fully saturated rings. The van der Waals surface area contributed by atoms with Gasteiger partial charge in [-0.15, -0.1) is 0 Å². The highest BCUT2D eigenvalue weighted by Crippen LogP contribution is 2.28. The van der Waals surface area contributed by atoms with Gasteiger partial charge in [-0.05, 0) is 58.4 Å². The maximum absolute atomic E-state index is 12.8. The normalized spacial score (nSPS) is 19.4. The number of pyridine rings is 1. The van der Waals surface area contributed by atoms with Crippen molar-refractivity contribution in [3.63, 3.8) is 0 Å². The van der Waals surface area contributed by atoms with Crippen LogP contribution in [0.15, 0.2) is 24.5 Å². The molecule has 1 aliphatic heterocycles. The lowest BCUT2D eigenvalue weighted by atomic mass is 10.0. The van der Waals surface area contributed by atoms with Crippen LogP contribution in [0.5, 0.6) is 0 Å². The standard InChI is InChI=1S/C19H29N3O3/c1-6-15(14-7-10-20-11-8-14)21(5)16-9-12-22(18(16)24)13-17(23)25-19(2,3)4/h7-8,10-11,15-16H,6,9,12-13H2,1-5H3. The molecule has 0 spiro atoms. The van der Waals surface area contributed by atoms with Crippen LogP contribution >= 0.6 is 0 Å². The van der Waals surface area contributed by atoms with Gasteiger partial charge in [0.05, 0.1) is 6.04 Å². The van der Waals surface area contributed by atoms with Gasteiger partial charge in [-0.3, -0.25) is 19.5 Å². The maximum Gasteiger partial charge on any atom is 0.326 e. The molecule has 2 unspecified atom stereocenters. The van der Waals surface area contributed by atoms with Crippen molar-refractivity contribution in [3.8, 4) is 0 Å². The average molecular weight is 347 g/mol. The van der Waals surface area contributed by atoms with Gasteiger partial charge in [-0.1, -0.05) is 6.92 Å². The zero-order valence-corrected chi connectivity index (χ0v) is 15.9. The topological polar surface area (TPSA) is 62.7 Å². The second kappa shape index (κ2) is 7.95. The van der Waals surface area contributed by atoms with Gasteiger partial charge in [0.1, 0.15) is 12.1 Å². The minimum absolute atomic E-state index is 0.000801. The summed E-state index contributed by atoms with van der Waals surface area (Å²) in [6.07, 6.45) is 5.17. The van der Waals surface area contributed by atoms with E-state index in [9.17, 15) is 9.59 Å². The molecule has 0 aliphatic carbocycles. The number of likely N-dealkylation sites (N-methyl/N-ethyl adjacent to an activating group) is 1. The fraction of sp³-hybridized carbons (Fsp3) is 0.632. The van der Waals surface area contributed by atoms with Gasteiger partial charge in [0.25, 0.3) is 0 Å². The monoisotopic (exact) mass is 347 g/mol. The summed E-state index contributed by atoms with van der Waals surface area (Å²) in [6.45, 7) is 8.20. The number of aromatic nitrogens is 1. The van der Waals surface area contributed by atoms with Crippen molar-refractivity contribution in [2.45, 2.75) is 58.2 Å². The lowest BCUT2D eigenvalue weighted by molar-refractivity contribution is -0.158. The Labute approximate surface area is 150 Å². The van der Waals surface area contributed by atoms with Gasteiger partial charge in [-0.25, -0.2) is 0 Å². The summed E-state index contributed by atoms with van der Waals surface area (Å²) in [5.41, 5.74) is 0.614. The summed E-state index contributed by atoms with van der Waals surface area (Å²) in [7, 11) is 1.98. The molecule has 1 amide bonds. The lowest BCUT2D eigenvalue weighted by Gasteiger charge is -2.31. The Balaban J connectivity index is 2.01. The minimum atomic E-state index is -0.537. The zero-order valence-electron chi connectivity index (χ0n) is 15.9. The Morgan fingerprint density at radius 1 is 1.40 bits per heavy atom. The highest BCUT2D eigenvalue weighted by molar-refractivity contribution is 5.87. The van der Waals surface area contributed by atoms with Crippen LogP contribution in [0.4, 0.5) is 0 Å². The highest BCUT2D eigenvalue weighted by Gasteiger charge is 2.38. The van der Waals surface area contributed by atoms with Crippen molar-refractivity contribution in [2.75, 3.05) is 20.1 Å². The van der Waals surface area contributed by atoms with E-state index in [0.29, 0.717) is 6.54 Å². The van der Waals surface area contributed by atoms with Crippen LogP contribution in [-0.2, 0) is 14.3 Å². The molecule has 0 radical (unpaired) electrons. The number of hydrogen-bond acceptors (Lipinski definition) is 5. The Hall–Kier alpha value is -1.95. The highest BCUT2D eigenvalue weighted by atomic mass is 16.6. The third-order valence-corrected chi connectivity index (χ3v) is 4.47. The van der Waals surface area contributed by atoms with Crippen LogP contribution in [-0.4, -0.2) is 58.4 Å². The SMILES string of the molecule is CCC(c1ccncc1)N(C)C1CCN(CC(=O)OC(C)(C)C)C1=O. The van der Waals surface area contributed by atoms with Crippen molar-refractivity contribution < 1.29 is 14.3 Å². The van der Waals surface area contributed by atoms with Gasteiger partial charge in [0.15, 0.2) is 0 Å². The molecule has 25 heavy (non-hydrogen) atoms. The molecule has 1 saturated heterocycles. The Kier molecular flexibility index (Phi) is 6.16. The molecular weight excluding hydrogens is 318 g/mol. The third-order valence-electron chi connectivity index (χ3n) is 4.47. The summed E-state index contributed by atoms with van der Waals surface area (Å²) in [5, 5.41) is 0. The van der Waals surface area contributed by atoms with E-state index in [1.165, 1.54) is 0 Å². The maximum atomic E-state index is 12.8. The quantitative estimate of drug-likeness (QED) is 0.740. The van der Waals surface area contributed by atoms with E-state index in [1.807, 2.05) is 40.0 Å². The number of carbonyl (C=O) groups is 2. The Morgan fingerprint density at radius 3 is 2.60 bits per heavy atom. The summed E-state index contributed by atoms with van der Waals surface area (Å²) in [4.78, 5) is 32.6. The molecule has 0 N–H and O–H groups in total. The number of ether oxygens (including phenoxy) is 1. The molecule has 1 aliphatic rings. The van der Waals surface area contributed by atoms with Gasteiger partial charge in [0, 0.05) is 25.0 Å². The summed E-state index contributed by atoms with van der Waals surface area (Å²) in [5.74, 6) is -0.355. The van der Waals surface area contributed by atoms with E-state index in [4.69, 9.17) is 4.74 Å². The van der Waals surface area contributed by atoms with E-state index in [0.717, 1.165) is 18.4 Å². The molecule has 6 heteroatoms. The van der Waals surface area contributed by atoms with E-state index >= 15 is 0 Å². The second-order valence-electron chi connectivity index (χ2n) is 7.52. The van der Waals surface area contributed by atoms with Gasteiger partial charge in [0.2, 0.25) is 5.91 Å². The number of hydrogen-bond donors (Lipinski definition) is 0. The zero-order chi connectivity index (χ0) is 18.6. The van der Waals surface area contributed by atoms with E-state index in [2.05, 4.69) is 16.8 Å². The van der Waals surface area contributed by atoms with Crippen LogP contribution in [0.3, 0.4) is 0 Å². The molecular formula is C19H29N3O3. The van der Waals surface area contributed by atoms with E-state index < -0.39 is 5.60 Å². The number of rotatable bonds is 6. The summed E-state index contributed by atoms with van der Waals surface area (Å²) >= 11 is 0. The first-order valence-corrected chi connectivity index (χ1v) is 8.85. The number of nitrogens with zero attached hydrogens (tertiary/aromatic N) is 3. The predicted octanol–water partition coefficient (Wildman–Crippen LogP) is 2.41. The molecule has 0 aromatic carbocycles. The van der Waals surface area contributed by atoms with Crippen LogP contribution in [0, 0.1) is 0 Å². The summed E-state index contributed by atoms with van der Waals surface area (Å²) < 4.78 is 5.33. The molecule has 1 aromatic heterocycles. The van der Waals surface area contributed by atoms with Crippen LogP contribution in [0.25, 0.3) is 0 Å². The smallest absolute Gasteiger partial charge is 0.326 e. The molecule has 6 nitrogen and oxygen atoms in total. The Morgan fingerprint density at radius 2 is 2.04 bits per heavy atom. The van der Waals surface area contributed by atoms with Gasteiger partial charge >= 0.3 is 5.97 Å². The lowest BCUT2D eigenvalue weighted by Crippen LogP contribution is -2.43. The van der Waals surface area contributed by atoms with Crippen LogP contribution in [0.1, 0.15) is 52.1 Å². The number of likely N-dealkylation sites (tertiary alicyclic amines) is 1. The van der Waals surface area contributed by atoms with Gasteiger partial charge in [-0.2, -0.15) is 0 Å². The molecule has 2 heterocycles. The van der Waals surface area contributed by atoms with Gasteiger partial charge < -0.3 is 9.64 Å². The fourth-order valence-electron chi connectivity index (χ4n) is 3.35. The van der Waals surface area contributed by atoms with Crippen LogP contribution < -0.4 is 0 Å². The van der Waals surface area contributed by atoms with E-state index in [-0.39, 0.29) is 30.5 Å². The first-order valence-electron chi connectivity index (χ1n) is 8.85. The molecule has 0 saturated carbocycles. The van der Waals surface area contributed by atoms with Crippen molar-refractivity contribution in [3.05, 3.63) is 30.1 Å². The molecule has 2 atom stereocenters. The third kappa shape index (κ3) is 5.01. The molecule has 0 bridgehead atoms. The predicted molar refractivity (Wildman–Crippen MR) is 95.9 cm³/mol. The van der Waals surface area contributed by atoms with E-state index in [1.54, 1.807) is 17.3 Å². The fourth-order valence-corrected chi connectivity index (χ4v) is 3.35. The minimum Gasteiger partial charge on any atom is -0.459 e. The number of amides is 1. The van der Waals surface area contributed by atoms with Crippen LogP contribution in [0.2, 0.25) is 0 Å². The number of esters is 1. The van der Waals surface area contributed by atoms with Crippen molar-refractivity contribution >= 4 is 11.9 Å². The molecule has 1 aromatic rings. The summed E-state index contributed by atoms with van der Waals surface area (Å²) in [6, 6.07) is 3.92. The van der Waals surface area contributed by atoms with Crippen molar-refractivity contribution in [1.82, 2.24) is 14.8 Å². The Bertz CT molecular complexity index is 598.